The van der Waals surface area contributed by atoms with E-state index in [9.17, 15) is 22.8 Å². The number of nitrogens with two attached hydrogens (primary N) is 1. The summed E-state index contributed by atoms with van der Waals surface area (Å²) in [5.74, 6) is -0.700. The molecular formula is C31H35Cl2F4N9O2. The van der Waals surface area contributed by atoms with E-state index in [1.54, 1.807) is 4.90 Å². The molecule has 1 aromatic carbocycles. The van der Waals surface area contributed by atoms with Crippen molar-refractivity contribution in [1.82, 2.24) is 33.9 Å². The number of nitrogens with zero attached hydrogens (tertiary/aromatic N) is 7. The Morgan fingerprint density at radius 1 is 1.00 bits per heavy atom. The molecule has 4 aromatic rings. The summed E-state index contributed by atoms with van der Waals surface area (Å²) in [6.45, 7) is 1.78. The van der Waals surface area contributed by atoms with E-state index < -0.39 is 23.6 Å². The van der Waals surface area contributed by atoms with Crippen LogP contribution in [0.4, 0.5) is 29.1 Å². The second kappa shape index (κ2) is 13.9. The van der Waals surface area contributed by atoms with Gasteiger partial charge in [-0.15, -0.1) is 24.8 Å². The molecule has 0 radical (unpaired) electrons. The van der Waals surface area contributed by atoms with Crippen molar-refractivity contribution in [2.75, 3.05) is 31.5 Å². The average molecular weight is 713 g/mol. The lowest BCUT2D eigenvalue weighted by molar-refractivity contribution is -0.141. The van der Waals surface area contributed by atoms with Crippen LogP contribution >= 0.6 is 24.8 Å². The third-order valence-corrected chi connectivity index (χ3v) is 9.04. The van der Waals surface area contributed by atoms with Crippen LogP contribution in [0.1, 0.15) is 48.2 Å². The number of carbonyl (C=O) groups is 2. The SMILES string of the molecule is Cl.Cl.N[C@@H]1CC[C@H](C(=O)N2CCN(C(=O)c3ccc(Nc4nccn5c(-c6cn(CC7CC7)nc6C(F)(F)F)cnc45)cc3F)CC2)C1. The van der Waals surface area contributed by atoms with Gasteiger partial charge in [0.1, 0.15) is 5.82 Å². The highest BCUT2D eigenvalue weighted by Crippen LogP contribution is 2.38. The second-order valence-corrected chi connectivity index (χ2v) is 12.4. The highest BCUT2D eigenvalue weighted by atomic mass is 35.5. The van der Waals surface area contributed by atoms with Crippen molar-refractivity contribution in [3.8, 4) is 11.3 Å². The Morgan fingerprint density at radius 3 is 2.38 bits per heavy atom. The van der Waals surface area contributed by atoms with Gasteiger partial charge < -0.3 is 20.9 Å². The Hall–Kier alpha value is -3.95. The number of benzene rings is 1. The number of hydrogen-bond acceptors (Lipinski definition) is 7. The summed E-state index contributed by atoms with van der Waals surface area (Å²) in [5.41, 5.74) is 5.46. The number of imidazole rings is 1. The summed E-state index contributed by atoms with van der Waals surface area (Å²) < 4.78 is 59.9. The number of anilines is 2. The first-order valence-corrected chi connectivity index (χ1v) is 15.4. The molecule has 2 amide bonds. The number of piperazine rings is 1. The summed E-state index contributed by atoms with van der Waals surface area (Å²) in [4.78, 5) is 37.9. The van der Waals surface area contributed by atoms with Crippen LogP contribution < -0.4 is 11.1 Å². The zero-order valence-corrected chi connectivity index (χ0v) is 27.3. The van der Waals surface area contributed by atoms with E-state index in [1.165, 1.54) is 50.9 Å². The minimum absolute atomic E-state index is 0. The molecule has 258 valence electrons. The topological polar surface area (TPSA) is 127 Å². The number of nitrogens with one attached hydrogen (secondary N) is 1. The first-order chi connectivity index (χ1) is 22.0. The minimum atomic E-state index is -4.66. The van der Waals surface area contributed by atoms with Gasteiger partial charge in [0.05, 0.1) is 23.0 Å². The van der Waals surface area contributed by atoms with Crippen LogP contribution in [0, 0.1) is 17.7 Å². The van der Waals surface area contributed by atoms with Crippen LogP contribution in [0.3, 0.4) is 0 Å². The lowest BCUT2D eigenvalue weighted by Gasteiger charge is -2.36. The second-order valence-electron chi connectivity index (χ2n) is 12.4. The Kier molecular flexibility index (Phi) is 10.2. The van der Waals surface area contributed by atoms with Gasteiger partial charge in [0.25, 0.3) is 5.91 Å². The van der Waals surface area contributed by atoms with Gasteiger partial charge in [0.2, 0.25) is 5.91 Å². The molecule has 0 spiro atoms. The predicted octanol–water partition coefficient (Wildman–Crippen LogP) is 5.16. The normalized spacial score (nSPS) is 19.6. The Bertz CT molecular complexity index is 1800. The summed E-state index contributed by atoms with van der Waals surface area (Å²) in [6, 6.07) is 4.11. The van der Waals surface area contributed by atoms with Crippen LogP contribution in [0.15, 0.2) is 43.0 Å². The van der Waals surface area contributed by atoms with Crippen molar-refractivity contribution in [3.05, 3.63) is 60.1 Å². The number of aromatic nitrogens is 5. The molecule has 4 heterocycles. The molecule has 2 saturated carbocycles. The molecule has 0 unspecified atom stereocenters. The lowest BCUT2D eigenvalue weighted by atomic mass is 10.1. The van der Waals surface area contributed by atoms with Gasteiger partial charge in [-0.2, -0.15) is 18.3 Å². The van der Waals surface area contributed by atoms with Gasteiger partial charge in [-0.1, -0.05) is 0 Å². The maximum Gasteiger partial charge on any atom is 0.435 e. The zero-order valence-electron chi connectivity index (χ0n) is 25.7. The molecule has 2 aliphatic carbocycles. The van der Waals surface area contributed by atoms with Gasteiger partial charge in [-0.25, -0.2) is 14.4 Å². The van der Waals surface area contributed by atoms with Gasteiger partial charge in [0.15, 0.2) is 17.2 Å². The van der Waals surface area contributed by atoms with Crippen LogP contribution in [-0.2, 0) is 17.5 Å². The van der Waals surface area contributed by atoms with Crippen molar-refractivity contribution in [2.45, 2.75) is 50.9 Å². The van der Waals surface area contributed by atoms with Crippen LogP contribution in [0.2, 0.25) is 0 Å². The van der Waals surface area contributed by atoms with Crippen molar-refractivity contribution < 1.29 is 27.2 Å². The highest BCUT2D eigenvalue weighted by molar-refractivity contribution is 5.95. The smallest absolute Gasteiger partial charge is 0.339 e. The van der Waals surface area contributed by atoms with Gasteiger partial charge in [-0.3, -0.25) is 18.7 Å². The third kappa shape index (κ3) is 7.08. The van der Waals surface area contributed by atoms with Crippen molar-refractivity contribution >= 4 is 53.8 Å². The Balaban J connectivity index is 0.00000225. The number of rotatable bonds is 7. The standard InChI is InChI=1S/C31H33F4N9O2.2ClH/c32-24-14-21(5-6-22(24)30(46)42-11-9-41(10-12-42)29(45)19-3-4-20(36)13-19)39-27-28-38-15-25(44(28)8-7-37-27)23-17-43(16-18-1-2-18)40-26(23)31(33,34)35;;/h5-8,14-15,17-20H,1-4,9-13,16,36H2,(H,37,39);2*1H/t19-,20+;;/m0../s1. The summed E-state index contributed by atoms with van der Waals surface area (Å²) in [7, 11) is 0. The number of amides is 2. The molecular weight excluding hydrogens is 677 g/mol. The van der Waals surface area contributed by atoms with E-state index in [4.69, 9.17) is 5.73 Å². The quantitative estimate of drug-likeness (QED) is 0.254. The number of carbonyl (C=O) groups excluding carboxylic acids is 2. The number of alkyl halides is 3. The molecule has 1 aliphatic heterocycles. The number of halogens is 6. The number of hydrogen-bond donors (Lipinski definition) is 2. The molecule has 17 heteroatoms. The molecule has 3 fully saturated rings. The van der Waals surface area contributed by atoms with E-state index in [-0.39, 0.29) is 76.7 Å². The van der Waals surface area contributed by atoms with Crippen LogP contribution in [0.5, 0.6) is 0 Å². The Labute approximate surface area is 285 Å². The van der Waals surface area contributed by atoms with E-state index in [2.05, 4.69) is 20.4 Å². The predicted molar refractivity (Wildman–Crippen MR) is 174 cm³/mol. The summed E-state index contributed by atoms with van der Waals surface area (Å²) in [6.07, 6.45) is 5.21. The van der Waals surface area contributed by atoms with Crippen molar-refractivity contribution in [1.29, 1.82) is 0 Å². The fraction of sp³-hybridized carbons (Fsp3) is 0.452. The third-order valence-electron chi connectivity index (χ3n) is 9.04. The largest absolute Gasteiger partial charge is 0.435 e. The molecule has 3 N–H and O–H groups in total. The van der Waals surface area contributed by atoms with E-state index in [1.807, 2.05) is 0 Å². The molecule has 0 bridgehead atoms. The highest BCUT2D eigenvalue weighted by Gasteiger charge is 2.39. The average Bonchev–Trinajstić information content (AvgIpc) is 3.36. The molecule has 3 aliphatic rings. The van der Waals surface area contributed by atoms with Crippen LogP contribution in [0.25, 0.3) is 16.9 Å². The van der Waals surface area contributed by atoms with E-state index in [0.29, 0.717) is 45.1 Å². The first kappa shape index (κ1) is 35.4. The van der Waals surface area contributed by atoms with Gasteiger partial charge in [-0.05, 0) is 56.2 Å². The van der Waals surface area contributed by atoms with Gasteiger partial charge in [0, 0.05) is 69.0 Å². The summed E-state index contributed by atoms with van der Waals surface area (Å²) >= 11 is 0. The monoisotopic (exact) mass is 711 g/mol. The summed E-state index contributed by atoms with van der Waals surface area (Å²) in [5, 5.41) is 6.81. The molecule has 3 aromatic heterocycles. The van der Waals surface area contributed by atoms with E-state index >= 15 is 4.39 Å². The Morgan fingerprint density at radius 2 is 1.73 bits per heavy atom. The van der Waals surface area contributed by atoms with Crippen LogP contribution in [-0.4, -0.2) is 78.0 Å². The molecule has 11 nitrogen and oxygen atoms in total. The van der Waals surface area contributed by atoms with Crippen molar-refractivity contribution in [3.63, 3.8) is 0 Å². The van der Waals surface area contributed by atoms with E-state index in [0.717, 1.165) is 31.7 Å². The first-order valence-electron chi connectivity index (χ1n) is 15.4. The molecule has 1 saturated heterocycles. The van der Waals surface area contributed by atoms with Crippen molar-refractivity contribution in [2.24, 2.45) is 17.6 Å². The molecule has 7 rings (SSSR count). The molecule has 2 atom stereocenters. The zero-order chi connectivity index (χ0) is 32.2. The molecule has 48 heavy (non-hydrogen) atoms. The fourth-order valence-corrected chi connectivity index (χ4v) is 6.39. The minimum Gasteiger partial charge on any atom is -0.339 e. The maximum absolute atomic E-state index is 15.3. The maximum atomic E-state index is 15.3. The fourth-order valence-electron chi connectivity index (χ4n) is 6.39. The number of fused-ring (bicyclic) bond motifs is 1. The van der Waals surface area contributed by atoms with Gasteiger partial charge >= 0.3 is 6.18 Å². The lowest BCUT2D eigenvalue weighted by Crippen LogP contribution is -2.52.